The SMILES string of the molecule is OCCCC(O)CCC(O)(CCC(O)CCCO)C(O)(CCC(O)CCCO)CCC(O)(CCC(O)CCCO)C(O)(CCC(O)CCCO)CCC(O)CCCO. The van der Waals surface area contributed by atoms with Crippen LogP contribution in [0, 0.1) is 0 Å². The maximum atomic E-state index is 12.8. The molecule has 0 spiro atoms. The zero-order valence-electron chi connectivity index (χ0n) is 35.2. The molecule has 0 bridgehead atoms. The first-order valence-corrected chi connectivity index (χ1v) is 22.1. The molecule has 8 unspecified atom stereocenters. The van der Waals surface area contributed by atoms with Gasteiger partial charge in [0, 0.05) is 39.6 Å². The smallest absolute Gasteiger partial charge is 0.0935 e. The molecule has 16 N–H and O–H groups in total. The molecule has 0 aromatic carbocycles. The van der Waals surface area contributed by atoms with Gasteiger partial charge in [-0.25, -0.2) is 0 Å². The first-order valence-electron chi connectivity index (χ1n) is 22.1. The van der Waals surface area contributed by atoms with Gasteiger partial charge in [-0.1, -0.05) is 0 Å². The lowest BCUT2D eigenvalue weighted by Crippen LogP contribution is -2.59. The van der Waals surface area contributed by atoms with Crippen molar-refractivity contribution in [2.75, 3.05) is 39.6 Å². The van der Waals surface area contributed by atoms with Gasteiger partial charge in [-0.15, -0.1) is 0 Å². The summed E-state index contributed by atoms with van der Waals surface area (Å²) in [6, 6.07) is 0. The van der Waals surface area contributed by atoms with E-state index in [4.69, 9.17) is 0 Å². The Bertz CT molecular complexity index is 854. The van der Waals surface area contributed by atoms with Gasteiger partial charge >= 0.3 is 0 Å². The molecule has 0 aromatic heterocycles. The normalized spacial score (nSPS) is 19.7. The second kappa shape index (κ2) is 32.1. The van der Waals surface area contributed by atoms with Crippen LogP contribution < -0.4 is 0 Å². The Hall–Kier alpha value is -0.640. The van der Waals surface area contributed by atoms with Crippen LogP contribution in [0.5, 0.6) is 0 Å². The van der Waals surface area contributed by atoms with Crippen molar-refractivity contribution in [2.45, 2.75) is 226 Å². The highest BCUT2D eigenvalue weighted by Crippen LogP contribution is 2.46. The highest BCUT2D eigenvalue weighted by atomic mass is 16.4. The van der Waals surface area contributed by atoms with Crippen molar-refractivity contribution in [3.8, 4) is 0 Å². The lowest BCUT2D eigenvalue weighted by Gasteiger charge is -2.50. The van der Waals surface area contributed by atoms with Gasteiger partial charge in [0.15, 0.2) is 0 Å². The maximum Gasteiger partial charge on any atom is 0.0935 e. The van der Waals surface area contributed by atoms with Crippen molar-refractivity contribution in [2.24, 2.45) is 0 Å². The van der Waals surface area contributed by atoms with Gasteiger partial charge < -0.3 is 81.7 Å². The molecule has 0 aliphatic carbocycles. The third-order valence-corrected chi connectivity index (χ3v) is 12.2. The van der Waals surface area contributed by atoms with E-state index in [0.29, 0.717) is 25.7 Å². The second-order valence-corrected chi connectivity index (χ2v) is 17.0. The van der Waals surface area contributed by atoms with Gasteiger partial charge in [0.25, 0.3) is 0 Å². The molecule has 58 heavy (non-hydrogen) atoms. The molecule has 0 aliphatic rings. The average molecular weight is 847 g/mol. The van der Waals surface area contributed by atoms with Crippen molar-refractivity contribution in [3.63, 3.8) is 0 Å². The molecule has 16 nitrogen and oxygen atoms in total. The standard InChI is InChI=1S/C42H86O16/c43-27-1-7-33(49)13-19-39(55,20-14-34(50)8-2-28-44)41(57,23-17-37(53)11-5-31-47)25-26-42(58,24-18-38(54)12-6-32-48)40(56,21-15-35(51)9-3-29-45)22-16-36(52)10-4-30-46/h33-38,43-58H,1-32H2. The predicted octanol–water partition coefficient (Wildman–Crippen LogP) is 0.173. The van der Waals surface area contributed by atoms with Crippen molar-refractivity contribution < 1.29 is 81.7 Å². The van der Waals surface area contributed by atoms with Crippen molar-refractivity contribution in [3.05, 3.63) is 0 Å². The first-order chi connectivity index (χ1) is 27.4. The number of aliphatic hydroxyl groups is 16. The van der Waals surface area contributed by atoms with Crippen LogP contribution >= 0.6 is 0 Å². The third kappa shape index (κ3) is 23.0. The Labute approximate surface area is 346 Å². The topological polar surface area (TPSA) is 324 Å². The fourth-order valence-corrected chi connectivity index (χ4v) is 8.03. The molecular formula is C42H86O16. The van der Waals surface area contributed by atoms with Crippen LogP contribution in [0.2, 0.25) is 0 Å². The van der Waals surface area contributed by atoms with E-state index in [9.17, 15) is 81.7 Å². The van der Waals surface area contributed by atoms with Crippen LogP contribution in [0.25, 0.3) is 0 Å². The summed E-state index contributed by atoms with van der Waals surface area (Å²) < 4.78 is 0. The zero-order chi connectivity index (χ0) is 44.1. The Morgan fingerprint density at radius 3 is 0.500 bits per heavy atom. The summed E-state index contributed by atoms with van der Waals surface area (Å²) >= 11 is 0. The molecule has 0 saturated heterocycles. The number of hydrogen-bond acceptors (Lipinski definition) is 16. The average Bonchev–Trinajstić information content (AvgIpc) is 3.21. The third-order valence-electron chi connectivity index (χ3n) is 12.2. The van der Waals surface area contributed by atoms with Gasteiger partial charge in [0.05, 0.1) is 59.0 Å². The molecule has 8 atom stereocenters. The summed E-state index contributed by atoms with van der Waals surface area (Å²) in [6.45, 7) is -1.02. The molecule has 0 aliphatic heterocycles. The largest absolute Gasteiger partial charge is 0.396 e. The summed E-state index contributed by atoms with van der Waals surface area (Å²) in [6.07, 6.45) is -5.03. The Morgan fingerprint density at radius 1 is 0.224 bits per heavy atom. The maximum absolute atomic E-state index is 12.8. The molecule has 0 rings (SSSR count). The summed E-state index contributed by atoms with van der Waals surface area (Å²) in [4.78, 5) is 0. The lowest BCUT2D eigenvalue weighted by atomic mass is 9.65. The van der Waals surface area contributed by atoms with Gasteiger partial charge in [-0.3, -0.25) is 0 Å². The van der Waals surface area contributed by atoms with Crippen LogP contribution in [0.15, 0.2) is 0 Å². The molecule has 0 fully saturated rings. The van der Waals surface area contributed by atoms with E-state index < -0.39 is 59.0 Å². The van der Waals surface area contributed by atoms with Crippen LogP contribution in [0.1, 0.15) is 167 Å². The zero-order valence-corrected chi connectivity index (χ0v) is 35.2. The summed E-state index contributed by atoms with van der Waals surface area (Å²) in [5.74, 6) is 0. The van der Waals surface area contributed by atoms with E-state index in [2.05, 4.69) is 0 Å². The number of aliphatic hydroxyl groups excluding tert-OH is 12. The number of hydrogen-bond donors (Lipinski definition) is 16. The first kappa shape index (κ1) is 57.4. The van der Waals surface area contributed by atoms with E-state index in [1.165, 1.54) is 0 Å². The van der Waals surface area contributed by atoms with E-state index in [1.54, 1.807) is 0 Å². The Kier molecular flexibility index (Phi) is 31.7. The minimum atomic E-state index is -2.13. The fourth-order valence-electron chi connectivity index (χ4n) is 8.03. The fraction of sp³-hybridized carbons (Fsp3) is 1.00. The van der Waals surface area contributed by atoms with Gasteiger partial charge in [-0.2, -0.15) is 0 Å². The Morgan fingerprint density at radius 2 is 0.362 bits per heavy atom. The highest BCUT2D eigenvalue weighted by Gasteiger charge is 2.53. The van der Waals surface area contributed by atoms with E-state index in [-0.39, 0.29) is 181 Å². The summed E-state index contributed by atoms with van der Waals surface area (Å²) in [7, 11) is 0. The predicted molar refractivity (Wildman–Crippen MR) is 218 cm³/mol. The van der Waals surface area contributed by atoms with Crippen molar-refractivity contribution >= 4 is 0 Å². The van der Waals surface area contributed by atoms with Gasteiger partial charge in [0.2, 0.25) is 0 Å². The van der Waals surface area contributed by atoms with Crippen molar-refractivity contribution in [1.82, 2.24) is 0 Å². The monoisotopic (exact) mass is 847 g/mol. The molecule has 0 aromatic rings. The van der Waals surface area contributed by atoms with Gasteiger partial charge in [-0.05, 0) is 167 Å². The number of rotatable bonds is 41. The van der Waals surface area contributed by atoms with Gasteiger partial charge in [0.1, 0.15) is 0 Å². The minimum Gasteiger partial charge on any atom is -0.396 e. The Balaban J connectivity index is 7.25. The molecule has 0 radical (unpaired) electrons. The molecule has 0 amide bonds. The summed E-state index contributed by atoms with van der Waals surface area (Å²) in [5.41, 5.74) is -8.37. The molecular weight excluding hydrogens is 760 g/mol. The van der Waals surface area contributed by atoms with Crippen LogP contribution in [0.4, 0.5) is 0 Å². The molecule has 16 heteroatoms. The van der Waals surface area contributed by atoms with Crippen LogP contribution in [-0.2, 0) is 0 Å². The van der Waals surface area contributed by atoms with E-state index in [0.717, 1.165) is 0 Å². The summed E-state index contributed by atoms with van der Waals surface area (Å²) in [5, 5.41) is 171. The van der Waals surface area contributed by atoms with Crippen LogP contribution in [-0.4, -0.2) is 180 Å². The minimum absolute atomic E-state index is 0.0126. The molecule has 0 saturated carbocycles. The molecule has 350 valence electrons. The van der Waals surface area contributed by atoms with E-state index >= 15 is 0 Å². The van der Waals surface area contributed by atoms with Crippen molar-refractivity contribution in [1.29, 1.82) is 0 Å². The van der Waals surface area contributed by atoms with E-state index in [1.807, 2.05) is 0 Å². The lowest BCUT2D eigenvalue weighted by molar-refractivity contribution is -0.206. The molecule has 0 heterocycles. The highest BCUT2D eigenvalue weighted by molar-refractivity contribution is 5.06. The van der Waals surface area contributed by atoms with Crippen LogP contribution in [0.3, 0.4) is 0 Å². The second-order valence-electron chi connectivity index (χ2n) is 17.0. The quantitative estimate of drug-likeness (QED) is 0.0390.